The number of rotatable bonds is 7. The second-order valence-corrected chi connectivity index (χ2v) is 12.8. The zero-order chi connectivity index (χ0) is 28.9. The molecule has 0 saturated carbocycles. The molecule has 4 fully saturated rings. The third kappa shape index (κ3) is 5.01. The molecule has 1 amide bonds. The molecule has 5 aliphatic rings. The largest absolute Gasteiger partial charge is 0.395 e. The number of aliphatic hydroxyl groups is 1. The molecule has 2 bridgehead atoms. The van der Waals surface area contributed by atoms with Crippen molar-refractivity contribution < 1.29 is 14.6 Å². The van der Waals surface area contributed by atoms with Crippen molar-refractivity contribution in [2.45, 2.75) is 82.0 Å². The zero-order valence-electron chi connectivity index (χ0n) is 24.6. The Kier molecular flexibility index (Phi) is 7.11. The number of nitrogens with zero attached hydrogens (tertiary/aromatic N) is 7. The molecule has 1 atom stereocenters. The Morgan fingerprint density at radius 2 is 1.86 bits per heavy atom. The fourth-order valence-electron chi connectivity index (χ4n) is 7.82. The SMILES string of the molecule is O=C([C@@H]1CCCCN1CCO)N1CCc2nc(Nc3ncc4cc(C5COC5)nc(N5C6CCC5CC6)c4n3)ccc2C1. The number of hydrogen-bond acceptors (Lipinski definition) is 10. The van der Waals surface area contributed by atoms with E-state index in [0.29, 0.717) is 55.8 Å². The molecule has 8 heterocycles. The van der Waals surface area contributed by atoms with Crippen LogP contribution in [0.15, 0.2) is 24.4 Å². The van der Waals surface area contributed by atoms with Gasteiger partial charge >= 0.3 is 0 Å². The summed E-state index contributed by atoms with van der Waals surface area (Å²) >= 11 is 0. The van der Waals surface area contributed by atoms with Gasteiger partial charge in [0.1, 0.15) is 11.3 Å². The summed E-state index contributed by atoms with van der Waals surface area (Å²) in [6, 6.07) is 7.12. The summed E-state index contributed by atoms with van der Waals surface area (Å²) in [5.41, 5.74) is 4.06. The predicted octanol–water partition coefficient (Wildman–Crippen LogP) is 3.14. The van der Waals surface area contributed by atoms with Gasteiger partial charge in [-0.2, -0.15) is 0 Å². The fourth-order valence-corrected chi connectivity index (χ4v) is 7.82. The van der Waals surface area contributed by atoms with Gasteiger partial charge in [-0.05, 0) is 62.8 Å². The van der Waals surface area contributed by atoms with Crippen molar-refractivity contribution in [1.29, 1.82) is 0 Å². The molecule has 0 aliphatic carbocycles. The van der Waals surface area contributed by atoms with Gasteiger partial charge in [-0.1, -0.05) is 12.5 Å². The summed E-state index contributed by atoms with van der Waals surface area (Å²) in [7, 11) is 0. The van der Waals surface area contributed by atoms with Crippen molar-refractivity contribution in [3.63, 3.8) is 0 Å². The third-order valence-corrected chi connectivity index (χ3v) is 10.2. The second kappa shape index (κ2) is 11.3. The normalized spacial score (nSPS) is 25.7. The highest BCUT2D eigenvalue weighted by Gasteiger charge is 2.41. The van der Waals surface area contributed by atoms with E-state index in [-0.39, 0.29) is 18.6 Å². The Bertz CT molecular complexity index is 1510. The molecule has 5 aliphatic heterocycles. The number of aliphatic hydroxyl groups excluding tert-OH is 1. The second-order valence-electron chi connectivity index (χ2n) is 12.8. The maximum absolute atomic E-state index is 13.4. The maximum Gasteiger partial charge on any atom is 0.240 e. The number of anilines is 3. The van der Waals surface area contributed by atoms with Crippen LogP contribution in [0.2, 0.25) is 0 Å². The molecule has 0 aromatic carbocycles. The van der Waals surface area contributed by atoms with Gasteiger partial charge in [0, 0.05) is 61.3 Å². The molecule has 0 spiro atoms. The van der Waals surface area contributed by atoms with Crippen LogP contribution >= 0.6 is 0 Å². The van der Waals surface area contributed by atoms with Crippen molar-refractivity contribution in [3.05, 3.63) is 41.3 Å². The van der Waals surface area contributed by atoms with Crippen LogP contribution in [0.25, 0.3) is 10.9 Å². The average Bonchev–Trinajstić information content (AvgIpc) is 3.60. The number of carbonyl (C=O) groups excluding carboxylic acids is 1. The first-order valence-corrected chi connectivity index (χ1v) is 16.1. The van der Waals surface area contributed by atoms with Gasteiger partial charge in [0.25, 0.3) is 0 Å². The van der Waals surface area contributed by atoms with Crippen LogP contribution in [-0.4, -0.2) is 98.3 Å². The number of fused-ring (bicyclic) bond motifs is 4. The topological polar surface area (TPSA) is 120 Å². The lowest BCUT2D eigenvalue weighted by Gasteiger charge is -2.38. The van der Waals surface area contributed by atoms with E-state index in [9.17, 15) is 9.90 Å². The van der Waals surface area contributed by atoms with Gasteiger partial charge in [-0.15, -0.1) is 0 Å². The Labute approximate surface area is 251 Å². The number of pyridine rings is 2. The summed E-state index contributed by atoms with van der Waals surface area (Å²) in [5, 5.41) is 13.8. The minimum Gasteiger partial charge on any atom is -0.395 e. The number of piperidine rings is 1. The van der Waals surface area contributed by atoms with Crippen LogP contribution in [0.5, 0.6) is 0 Å². The molecule has 3 aromatic rings. The van der Waals surface area contributed by atoms with Crippen molar-refractivity contribution in [2.24, 2.45) is 0 Å². The summed E-state index contributed by atoms with van der Waals surface area (Å²) in [6.45, 7) is 4.19. The Hall–Kier alpha value is -3.41. The van der Waals surface area contributed by atoms with Crippen molar-refractivity contribution in [3.8, 4) is 0 Å². The molecular weight excluding hydrogens is 544 g/mol. The summed E-state index contributed by atoms with van der Waals surface area (Å²) in [5.74, 6) is 2.73. The molecule has 0 unspecified atom stereocenters. The minimum absolute atomic E-state index is 0.0846. The molecule has 11 nitrogen and oxygen atoms in total. The fraction of sp³-hybridized carbons (Fsp3) is 0.594. The van der Waals surface area contributed by atoms with Crippen molar-refractivity contribution in [1.82, 2.24) is 29.7 Å². The van der Waals surface area contributed by atoms with E-state index in [1.54, 1.807) is 0 Å². The van der Waals surface area contributed by atoms with Gasteiger partial charge < -0.3 is 25.0 Å². The smallest absolute Gasteiger partial charge is 0.240 e. The van der Waals surface area contributed by atoms with Crippen LogP contribution in [0.3, 0.4) is 0 Å². The van der Waals surface area contributed by atoms with Crippen LogP contribution in [0, 0.1) is 0 Å². The van der Waals surface area contributed by atoms with E-state index >= 15 is 0 Å². The third-order valence-electron chi connectivity index (χ3n) is 10.2. The molecule has 0 radical (unpaired) electrons. The first kappa shape index (κ1) is 27.2. The van der Waals surface area contributed by atoms with E-state index in [2.05, 4.69) is 32.2 Å². The summed E-state index contributed by atoms with van der Waals surface area (Å²) < 4.78 is 5.47. The van der Waals surface area contributed by atoms with Gasteiger partial charge in [0.2, 0.25) is 11.9 Å². The van der Waals surface area contributed by atoms with Gasteiger partial charge in [0.15, 0.2) is 5.82 Å². The summed E-state index contributed by atoms with van der Waals surface area (Å²) in [4.78, 5) is 39.9. The Morgan fingerprint density at radius 3 is 2.63 bits per heavy atom. The van der Waals surface area contributed by atoms with E-state index in [1.807, 2.05) is 17.2 Å². The molecule has 8 rings (SSSR count). The number of carbonyl (C=O) groups is 1. The minimum atomic E-state index is -0.130. The van der Waals surface area contributed by atoms with Crippen molar-refractivity contribution in [2.75, 3.05) is 49.7 Å². The zero-order valence-corrected chi connectivity index (χ0v) is 24.6. The average molecular weight is 585 g/mol. The molecular formula is C32H40N8O3. The van der Waals surface area contributed by atoms with E-state index < -0.39 is 0 Å². The van der Waals surface area contributed by atoms with Gasteiger partial charge in [-0.25, -0.2) is 19.9 Å². The highest BCUT2D eigenvalue weighted by Crippen LogP contribution is 2.43. The molecule has 3 aromatic heterocycles. The molecule has 4 saturated heterocycles. The lowest BCUT2D eigenvalue weighted by Crippen LogP contribution is -2.52. The number of hydrogen-bond donors (Lipinski definition) is 2. The number of aromatic nitrogens is 4. The van der Waals surface area contributed by atoms with Crippen LogP contribution in [0.4, 0.5) is 17.6 Å². The quantitative estimate of drug-likeness (QED) is 0.429. The highest BCUT2D eigenvalue weighted by molar-refractivity contribution is 5.90. The first-order valence-electron chi connectivity index (χ1n) is 16.1. The number of amides is 1. The molecule has 43 heavy (non-hydrogen) atoms. The van der Waals surface area contributed by atoms with E-state index in [4.69, 9.17) is 19.7 Å². The molecule has 11 heteroatoms. The lowest BCUT2D eigenvalue weighted by atomic mass is 9.98. The van der Waals surface area contributed by atoms with Crippen molar-refractivity contribution >= 4 is 34.4 Å². The molecule has 2 N–H and O–H groups in total. The number of ether oxygens (including phenoxy) is 1. The number of nitrogens with one attached hydrogen (secondary N) is 1. The number of likely N-dealkylation sites (tertiary alicyclic amines) is 1. The maximum atomic E-state index is 13.4. The highest BCUT2D eigenvalue weighted by atomic mass is 16.5. The number of β-amino-alcohol motifs (C(OH)–C–C–N with tert-alkyl or cyclic N) is 1. The first-order chi connectivity index (χ1) is 21.1. The Morgan fingerprint density at radius 1 is 1.02 bits per heavy atom. The standard InChI is InChI=1S/C32H40N8O3/c41-14-13-38-11-2-1-3-27(38)31(42)39-12-10-25-20(17-39)4-9-28(34-25)36-32-33-16-21-15-26(22-18-43-19-22)35-30(29(21)37-32)40-23-5-6-24(40)8-7-23/h4,9,15-16,22-24,27,41H,1-3,5-8,10-14,17-19H2,(H,33,34,36,37)/t23?,24?,27-/m0/s1. The van der Waals surface area contributed by atoms with E-state index in [1.165, 1.54) is 25.7 Å². The monoisotopic (exact) mass is 584 g/mol. The lowest BCUT2D eigenvalue weighted by molar-refractivity contribution is -0.139. The molecule has 226 valence electrons. The van der Waals surface area contributed by atoms with Crippen LogP contribution < -0.4 is 10.2 Å². The predicted molar refractivity (Wildman–Crippen MR) is 162 cm³/mol. The van der Waals surface area contributed by atoms with Gasteiger partial charge in [-0.3, -0.25) is 9.69 Å². The van der Waals surface area contributed by atoms with Crippen LogP contribution in [-0.2, 0) is 22.5 Å². The summed E-state index contributed by atoms with van der Waals surface area (Å²) in [6.07, 6.45) is 10.5. The Balaban J connectivity index is 1.02. The van der Waals surface area contributed by atoms with Crippen LogP contribution in [0.1, 0.15) is 67.8 Å². The van der Waals surface area contributed by atoms with E-state index in [0.717, 1.165) is 72.7 Å². The van der Waals surface area contributed by atoms with Gasteiger partial charge in [0.05, 0.1) is 31.6 Å².